The van der Waals surface area contributed by atoms with Gasteiger partial charge in [-0.15, -0.1) is 0 Å². The zero-order valence-corrected chi connectivity index (χ0v) is 15.8. The molecular weight excluding hydrogens is 402 g/mol. The molecule has 0 saturated carbocycles. The number of rotatable bonds is 3. The van der Waals surface area contributed by atoms with Crippen LogP contribution in [0.1, 0.15) is 32.7 Å². The normalized spacial score (nSPS) is 12.0. The Kier molecular flexibility index (Phi) is 5.01. The lowest BCUT2D eigenvalue weighted by molar-refractivity contribution is -0.137. The van der Waals surface area contributed by atoms with E-state index in [0.717, 1.165) is 12.1 Å². The molecule has 0 radical (unpaired) electrons. The van der Waals surface area contributed by atoms with E-state index < -0.39 is 17.5 Å². The highest BCUT2D eigenvalue weighted by Gasteiger charge is 2.32. The first kappa shape index (κ1) is 19.7. The van der Waals surface area contributed by atoms with Crippen molar-refractivity contribution in [3.05, 3.63) is 68.3 Å². The Labute approximate surface area is 162 Å². The summed E-state index contributed by atoms with van der Waals surface area (Å²) in [4.78, 5) is 13.0. The van der Waals surface area contributed by atoms with Crippen molar-refractivity contribution < 1.29 is 23.1 Å². The molecule has 0 aliphatic rings. The molecule has 2 aromatic carbocycles. The lowest BCUT2D eigenvalue weighted by atomic mass is 10.0. The molecule has 1 aromatic heterocycles. The molecule has 3 nitrogen and oxygen atoms in total. The third-order valence-corrected chi connectivity index (χ3v) is 5.24. The van der Waals surface area contributed by atoms with E-state index in [9.17, 15) is 23.1 Å². The van der Waals surface area contributed by atoms with Gasteiger partial charge in [0.2, 0.25) is 5.78 Å². The van der Waals surface area contributed by atoms with Crippen molar-refractivity contribution in [1.82, 2.24) is 4.57 Å². The number of ketones is 1. The maximum absolute atomic E-state index is 13.1. The van der Waals surface area contributed by atoms with Gasteiger partial charge < -0.3 is 9.67 Å². The van der Waals surface area contributed by atoms with Crippen LogP contribution in [-0.4, -0.2) is 15.5 Å². The van der Waals surface area contributed by atoms with Crippen molar-refractivity contribution >= 4 is 39.9 Å². The van der Waals surface area contributed by atoms with E-state index in [1.165, 1.54) is 29.8 Å². The summed E-state index contributed by atoms with van der Waals surface area (Å²) in [6.45, 7) is 1.18. The van der Waals surface area contributed by atoms with E-state index in [4.69, 9.17) is 23.2 Å². The first-order valence-electron chi connectivity index (χ1n) is 7.86. The molecule has 0 unspecified atom stereocenters. The van der Waals surface area contributed by atoms with Gasteiger partial charge in [-0.25, -0.2) is 0 Å². The van der Waals surface area contributed by atoms with E-state index >= 15 is 0 Å². The summed E-state index contributed by atoms with van der Waals surface area (Å²) in [6.07, 6.45) is -4.49. The third-order valence-electron chi connectivity index (χ3n) is 4.50. The number of aromatic nitrogens is 1. The molecule has 0 saturated heterocycles. The highest BCUT2D eigenvalue weighted by molar-refractivity contribution is 6.41. The fraction of sp³-hybridized carbons (Fsp3) is 0.211. The predicted octanol–water partition coefficient (Wildman–Crippen LogP) is 5.54. The summed E-state index contributed by atoms with van der Waals surface area (Å²) < 4.78 is 40.7. The first-order chi connectivity index (χ1) is 12.6. The maximum Gasteiger partial charge on any atom is 0.416 e. The lowest BCUT2D eigenvalue weighted by Crippen LogP contribution is -2.10. The molecule has 0 amide bonds. The van der Waals surface area contributed by atoms with Crippen molar-refractivity contribution in [2.45, 2.75) is 19.7 Å². The molecule has 0 bridgehead atoms. The fourth-order valence-corrected chi connectivity index (χ4v) is 3.65. The van der Waals surface area contributed by atoms with Gasteiger partial charge in [-0.2, -0.15) is 13.2 Å². The number of hydrogen-bond donors (Lipinski definition) is 1. The number of aryl methyl sites for hydroxylation is 2. The number of nitrogens with zero attached hydrogens (tertiary/aromatic N) is 1. The van der Waals surface area contributed by atoms with Gasteiger partial charge in [0.05, 0.1) is 33.5 Å². The van der Waals surface area contributed by atoms with Crippen LogP contribution < -0.4 is 0 Å². The molecule has 142 valence electrons. The Morgan fingerprint density at radius 2 is 1.85 bits per heavy atom. The van der Waals surface area contributed by atoms with Gasteiger partial charge in [0.15, 0.2) is 0 Å². The average molecular weight is 416 g/mol. The Hall–Kier alpha value is -2.02. The predicted molar refractivity (Wildman–Crippen MR) is 98.5 cm³/mol. The van der Waals surface area contributed by atoms with E-state index in [0.29, 0.717) is 16.5 Å². The number of carbonyl (C=O) groups is 1. The van der Waals surface area contributed by atoms with E-state index in [1.807, 2.05) is 0 Å². The number of fused-ring (bicyclic) bond motifs is 1. The second kappa shape index (κ2) is 6.86. The van der Waals surface area contributed by atoms with Gasteiger partial charge in [-0.05, 0) is 42.3 Å². The SMILES string of the molecule is Cc1cc(C(F)(F)F)cc2c1cc(C(=O)c1c(Cl)ccc(CO)c1Cl)n2C. The number of halogens is 5. The number of hydrogen-bond acceptors (Lipinski definition) is 2. The number of aliphatic hydroxyl groups excluding tert-OH is 1. The molecule has 3 aromatic rings. The Morgan fingerprint density at radius 1 is 1.19 bits per heavy atom. The van der Waals surface area contributed by atoms with Crippen molar-refractivity contribution in [3.63, 3.8) is 0 Å². The number of carbonyl (C=O) groups excluding carboxylic acids is 1. The molecule has 3 rings (SSSR count). The molecule has 0 aliphatic heterocycles. The summed E-state index contributed by atoms with van der Waals surface area (Å²) >= 11 is 12.3. The molecule has 27 heavy (non-hydrogen) atoms. The molecule has 8 heteroatoms. The fourth-order valence-electron chi connectivity index (χ4n) is 3.04. The first-order valence-corrected chi connectivity index (χ1v) is 8.61. The summed E-state index contributed by atoms with van der Waals surface area (Å²) in [5.74, 6) is -0.535. The molecule has 0 spiro atoms. The average Bonchev–Trinajstić information content (AvgIpc) is 2.92. The molecule has 0 aliphatic carbocycles. The minimum Gasteiger partial charge on any atom is -0.392 e. The minimum atomic E-state index is -4.49. The van der Waals surface area contributed by atoms with Gasteiger partial charge in [0.25, 0.3) is 0 Å². The topological polar surface area (TPSA) is 42.2 Å². The smallest absolute Gasteiger partial charge is 0.392 e. The molecule has 1 N–H and O–H groups in total. The third kappa shape index (κ3) is 3.33. The number of benzene rings is 2. The highest BCUT2D eigenvalue weighted by Crippen LogP contribution is 2.36. The summed E-state index contributed by atoms with van der Waals surface area (Å²) in [5.41, 5.74) is 0.368. The monoisotopic (exact) mass is 415 g/mol. The largest absolute Gasteiger partial charge is 0.416 e. The molecule has 1 heterocycles. The van der Waals surface area contributed by atoms with Crippen LogP contribution in [0.2, 0.25) is 10.0 Å². The van der Waals surface area contributed by atoms with Crippen LogP contribution in [0, 0.1) is 6.92 Å². The van der Waals surface area contributed by atoms with Crippen LogP contribution in [-0.2, 0) is 19.8 Å². The van der Waals surface area contributed by atoms with Gasteiger partial charge in [0, 0.05) is 18.0 Å². The number of alkyl halides is 3. The van der Waals surface area contributed by atoms with Gasteiger partial charge in [0.1, 0.15) is 0 Å². The maximum atomic E-state index is 13.1. The van der Waals surface area contributed by atoms with E-state index in [1.54, 1.807) is 6.92 Å². The van der Waals surface area contributed by atoms with Crippen LogP contribution in [0.4, 0.5) is 13.2 Å². The molecule has 0 atom stereocenters. The van der Waals surface area contributed by atoms with Crippen molar-refractivity contribution in [3.8, 4) is 0 Å². The van der Waals surface area contributed by atoms with E-state index in [2.05, 4.69) is 0 Å². The molecular formula is C19H14Cl2F3NO2. The van der Waals surface area contributed by atoms with Crippen LogP contribution in [0.3, 0.4) is 0 Å². The molecule has 0 fully saturated rings. The zero-order valence-electron chi connectivity index (χ0n) is 14.3. The van der Waals surface area contributed by atoms with Gasteiger partial charge >= 0.3 is 6.18 Å². The van der Waals surface area contributed by atoms with Gasteiger partial charge in [-0.1, -0.05) is 29.3 Å². The second-order valence-electron chi connectivity index (χ2n) is 6.20. The minimum absolute atomic E-state index is 0.00415. The Bertz CT molecular complexity index is 1070. The Morgan fingerprint density at radius 3 is 2.44 bits per heavy atom. The van der Waals surface area contributed by atoms with Crippen LogP contribution in [0.25, 0.3) is 10.9 Å². The standard InChI is InChI=1S/C19H14Cl2F3NO2/c1-9-5-11(19(22,23)24)6-14-12(9)7-15(25(14)2)18(27)16-13(20)4-3-10(8-26)17(16)21/h3-7,26H,8H2,1-2H3. The zero-order chi connectivity index (χ0) is 20.1. The van der Waals surface area contributed by atoms with Crippen LogP contribution in [0.5, 0.6) is 0 Å². The summed E-state index contributed by atoms with van der Waals surface area (Å²) in [6, 6.07) is 6.52. The lowest BCUT2D eigenvalue weighted by Gasteiger charge is -2.11. The van der Waals surface area contributed by atoms with Crippen molar-refractivity contribution in [2.75, 3.05) is 0 Å². The highest BCUT2D eigenvalue weighted by atomic mass is 35.5. The number of aliphatic hydroxyl groups is 1. The van der Waals surface area contributed by atoms with Crippen molar-refractivity contribution in [2.24, 2.45) is 7.05 Å². The Balaban J connectivity index is 2.23. The summed E-state index contributed by atoms with van der Waals surface area (Å²) in [5, 5.41) is 9.99. The van der Waals surface area contributed by atoms with Gasteiger partial charge in [-0.3, -0.25) is 4.79 Å². The van der Waals surface area contributed by atoms with Crippen molar-refractivity contribution in [1.29, 1.82) is 0 Å². The van der Waals surface area contributed by atoms with Crippen LogP contribution in [0.15, 0.2) is 30.3 Å². The van der Waals surface area contributed by atoms with E-state index in [-0.39, 0.29) is 33.4 Å². The second-order valence-corrected chi connectivity index (χ2v) is 6.98. The quantitative estimate of drug-likeness (QED) is 0.570. The summed E-state index contributed by atoms with van der Waals surface area (Å²) in [7, 11) is 1.51. The van der Waals surface area contributed by atoms with Crippen LogP contribution >= 0.6 is 23.2 Å².